The highest BCUT2D eigenvalue weighted by Crippen LogP contribution is 2.24. The lowest BCUT2D eigenvalue weighted by molar-refractivity contribution is 0.562. The van der Waals surface area contributed by atoms with E-state index in [1.807, 2.05) is 13.2 Å². The molecule has 0 radical (unpaired) electrons. The lowest BCUT2D eigenvalue weighted by atomic mass is 10.2. The molecule has 1 atom stereocenters. The minimum Gasteiger partial charge on any atom is -0.371 e. The molecule has 3 nitrogen and oxygen atoms in total. The Labute approximate surface area is 111 Å². The predicted molar refractivity (Wildman–Crippen MR) is 74.6 cm³/mol. The van der Waals surface area contributed by atoms with Gasteiger partial charge in [0.25, 0.3) is 0 Å². The van der Waals surface area contributed by atoms with Gasteiger partial charge in [0, 0.05) is 32.0 Å². The van der Waals surface area contributed by atoms with Crippen molar-refractivity contribution in [3.8, 4) is 0 Å². The molecule has 102 valence electrons. The maximum Gasteiger partial charge on any atom is 0.168 e. The SMILES string of the molecule is CCC(CSC)N(C)c1nc(NC)c(F)cc1F. The third-order valence-corrected chi connectivity index (χ3v) is 3.58. The van der Waals surface area contributed by atoms with Crippen LogP contribution in [-0.2, 0) is 0 Å². The average Bonchev–Trinajstić information content (AvgIpc) is 2.35. The number of thioether (sulfide) groups is 1. The summed E-state index contributed by atoms with van der Waals surface area (Å²) in [6.07, 6.45) is 2.88. The second-order valence-corrected chi connectivity index (χ2v) is 4.91. The topological polar surface area (TPSA) is 28.2 Å². The van der Waals surface area contributed by atoms with Gasteiger partial charge in [-0.05, 0) is 12.7 Å². The van der Waals surface area contributed by atoms with Crippen LogP contribution in [0.4, 0.5) is 20.4 Å². The number of hydrogen-bond acceptors (Lipinski definition) is 4. The summed E-state index contributed by atoms with van der Waals surface area (Å²) in [5.41, 5.74) is 0. The van der Waals surface area contributed by atoms with Crippen molar-refractivity contribution in [2.75, 3.05) is 36.3 Å². The molecule has 0 aliphatic carbocycles. The number of aromatic nitrogens is 1. The minimum atomic E-state index is -0.676. The van der Waals surface area contributed by atoms with Gasteiger partial charge in [-0.1, -0.05) is 6.92 Å². The second-order valence-electron chi connectivity index (χ2n) is 4.00. The van der Waals surface area contributed by atoms with E-state index in [-0.39, 0.29) is 17.7 Å². The zero-order valence-electron chi connectivity index (χ0n) is 11.1. The molecule has 18 heavy (non-hydrogen) atoms. The number of halogens is 2. The number of hydrogen-bond donors (Lipinski definition) is 1. The average molecular weight is 275 g/mol. The largest absolute Gasteiger partial charge is 0.371 e. The maximum absolute atomic E-state index is 13.8. The molecule has 0 aliphatic heterocycles. The number of pyridine rings is 1. The van der Waals surface area contributed by atoms with Gasteiger partial charge in [-0.15, -0.1) is 0 Å². The zero-order valence-corrected chi connectivity index (χ0v) is 11.9. The third-order valence-electron chi connectivity index (χ3n) is 2.86. The van der Waals surface area contributed by atoms with E-state index < -0.39 is 11.6 Å². The zero-order chi connectivity index (χ0) is 13.7. The van der Waals surface area contributed by atoms with Crippen LogP contribution in [0.15, 0.2) is 6.07 Å². The highest BCUT2D eigenvalue weighted by atomic mass is 32.2. The Balaban J connectivity index is 3.07. The first-order valence-electron chi connectivity index (χ1n) is 5.80. The van der Waals surface area contributed by atoms with Gasteiger partial charge in [0.15, 0.2) is 23.3 Å². The Bertz CT molecular complexity index is 401. The predicted octanol–water partition coefficient (Wildman–Crippen LogP) is 2.98. The Morgan fingerprint density at radius 3 is 2.61 bits per heavy atom. The molecule has 0 amide bonds. The molecule has 0 aromatic carbocycles. The Hall–Kier alpha value is -1.04. The molecule has 6 heteroatoms. The lowest BCUT2D eigenvalue weighted by Crippen LogP contribution is -2.34. The fourth-order valence-corrected chi connectivity index (χ4v) is 2.59. The second kappa shape index (κ2) is 6.78. The van der Waals surface area contributed by atoms with Crippen LogP contribution >= 0.6 is 11.8 Å². The van der Waals surface area contributed by atoms with Crippen molar-refractivity contribution in [1.29, 1.82) is 0 Å². The van der Waals surface area contributed by atoms with Gasteiger partial charge in [0.2, 0.25) is 0 Å². The molecule has 1 aromatic heterocycles. The quantitative estimate of drug-likeness (QED) is 0.864. The number of nitrogens with zero attached hydrogens (tertiary/aromatic N) is 2. The van der Waals surface area contributed by atoms with E-state index in [1.165, 1.54) is 0 Å². The summed E-state index contributed by atoms with van der Waals surface area (Å²) in [7, 11) is 3.35. The van der Waals surface area contributed by atoms with E-state index >= 15 is 0 Å². The van der Waals surface area contributed by atoms with E-state index in [0.29, 0.717) is 0 Å². The van der Waals surface area contributed by atoms with Crippen LogP contribution in [0.3, 0.4) is 0 Å². The molecular formula is C12H19F2N3S. The molecule has 0 saturated heterocycles. The van der Waals surface area contributed by atoms with E-state index in [2.05, 4.69) is 10.3 Å². The van der Waals surface area contributed by atoms with E-state index in [0.717, 1.165) is 18.2 Å². The molecule has 0 bridgehead atoms. The Morgan fingerprint density at radius 2 is 2.11 bits per heavy atom. The van der Waals surface area contributed by atoms with Crippen LogP contribution in [0, 0.1) is 11.6 Å². The molecule has 1 N–H and O–H groups in total. The fourth-order valence-electron chi connectivity index (χ4n) is 1.75. The van der Waals surface area contributed by atoms with Crippen LogP contribution in [0.25, 0.3) is 0 Å². The van der Waals surface area contributed by atoms with Gasteiger partial charge in [-0.2, -0.15) is 11.8 Å². The van der Waals surface area contributed by atoms with Gasteiger partial charge in [-0.25, -0.2) is 13.8 Å². The maximum atomic E-state index is 13.8. The minimum absolute atomic E-state index is 0.0669. The molecule has 1 unspecified atom stereocenters. The monoisotopic (exact) mass is 275 g/mol. The summed E-state index contributed by atoms with van der Waals surface area (Å²) in [5.74, 6) is -0.182. The number of anilines is 2. The first-order chi connectivity index (χ1) is 8.54. The van der Waals surface area contributed by atoms with Gasteiger partial charge >= 0.3 is 0 Å². The van der Waals surface area contributed by atoms with Crippen molar-refractivity contribution in [2.45, 2.75) is 19.4 Å². The lowest BCUT2D eigenvalue weighted by Gasteiger charge is -2.28. The van der Waals surface area contributed by atoms with Crippen molar-refractivity contribution in [2.24, 2.45) is 0 Å². The number of nitrogens with one attached hydrogen (secondary N) is 1. The molecule has 0 saturated carbocycles. The summed E-state index contributed by atoms with van der Waals surface area (Å²) in [4.78, 5) is 5.77. The summed E-state index contributed by atoms with van der Waals surface area (Å²) in [5, 5.41) is 2.62. The first-order valence-corrected chi connectivity index (χ1v) is 7.20. The van der Waals surface area contributed by atoms with Crippen LogP contribution in [0.2, 0.25) is 0 Å². The van der Waals surface area contributed by atoms with Crippen LogP contribution in [-0.4, -0.2) is 37.1 Å². The van der Waals surface area contributed by atoms with Crippen molar-refractivity contribution >= 4 is 23.4 Å². The van der Waals surface area contributed by atoms with E-state index in [4.69, 9.17) is 0 Å². The fraction of sp³-hybridized carbons (Fsp3) is 0.583. The molecule has 1 rings (SSSR count). The van der Waals surface area contributed by atoms with Crippen LogP contribution in [0.1, 0.15) is 13.3 Å². The molecular weight excluding hydrogens is 256 g/mol. The molecule has 1 heterocycles. The Kier molecular flexibility index (Phi) is 5.65. The third kappa shape index (κ3) is 3.25. The van der Waals surface area contributed by atoms with Crippen molar-refractivity contribution < 1.29 is 8.78 Å². The standard InChI is InChI=1S/C12H19F2N3S/c1-5-8(7-18-4)17(3)12-10(14)6-9(13)11(15-2)16-12/h6,8H,5,7H2,1-4H3,(H,15,16). The van der Waals surface area contributed by atoms with E-state index in [9.17, 15) is 8.78 Å². The van der Waals surface area contributed by atoms with Crippen LogP contribution < -0.4 is 10.2 Å². The summed E-state index contributed by atoms with van der Waals surface area (Å²) < 4.78 is 27.1. The smallest absolute Gasteiger partial charge is 0.168 e. The number of rotatable bonds is 6. The molecule has 0 aliphatic rings. The van der Waals surface area contributed by atoms with Crippen molar-refractivity contribution in [3.05, 3.63) is 17.7 Å². The summed E-state index contributed by atoms with van der Waals surface area (Å²) >= 11 is 1.69. The van der Waals surface area contributed by atoms with Crippen molar-refractivity contribution in [1.82, 2.24) is 4.98 Å². The Morgan fingerprint density at radius 1 is 1.44 bits per heavy atom. The first kappa shape index (κ1) is 15.0. The molecule has 0 spiro atoms. The molecule has 1 aromatic rings. The normalized spacial score (nSPS) is 12.3. The van der Waals surface area contributed by atoms with Gasteiger partial charge < -0.3 is 10.2 Å². The van der Waals surface area contributed by atoms with Gasteiger partial charge in [-0.3, -0.25) is 0 Å². The summed E-state index contributed by atoms with van der Waals surface area (Å²) in [6.45, 7) is 2.04. The van der Waals surface area contributed by atoms with Gasteiger partial charge in [0.05, 0.1) is 0 Å². The van der Waals surface area contributed by atoms with Gasteiger partial charge in [0.1, 0.15) is 0 Å². The van der Waals surface area contributed by atoms with Crippen molar-refractivity contribution in [3.63, 3.8) is 0 Å². The molecule has 0 fully saturated rings. The van der Waals surface area contributed by atoms with Crippen LogP contribution in [0.5, 0.6) is 0 Å². The van der Waals surface area contributed by atoms with E-state index in [1.54, 1.807) is 30.8 Å². The summed E-state index contributed by atoms with van der Waals surface area (Å²) in [6, 6.07) is 1.05. The highest BCUT2D eigenvalue weighted by molar-refractivity contribution is 7.98. The highest BCUT2D eigenvalue weighted by Gasteiger charge is 2.19.